The maximum absolute atomic E-state index is 11.3. The number of rotatable bonds is 11. The zero-order valence-corrected chi connectivity index (χ0v) is 15.7. The van der Waals surface area contributed by atoms with Crippen LogP contribution in [-0.4, -0.2) is 52.4 Å². The molecular formula is C11H24CeN3O8. The van der Waals surface area contributed by atoms with Crippen molar-refractivity contribution >= 4 is 23.9 Å². The van der Waals surface area contributed by atoms with E-state index in [-0.39, 0.29) is 19.1 Å². The molecule has 0 aromatic heterocycles. The summed E-state index contributed by atoms with van der Waals surface area (Å²) >= 11 is -5.67. The predicted molar refractivity (Wildman–Crippen MR) is 76.4 cm³/mol. The Kier molecular flexibility index (Phi) is 10.0. The molecule has 23 heavy (non-hydrogen) atoms. The van der Waals surface area contributed by atoms with E-state index in [1.807, 2.05) is 0 Å². The molecule has 0 saturated carbocycles. The van der Waals surface area contributed by atoms with Crippen LogP contribution in [0.5, 0.6) is 0 Å². The van der Waals surface area contributed by atoms with Crippen LogP contribution < -0.4 is 17.6 Å². The van der Waals surface area contributed by atoms with E-state index >= 15 is 0 Å². The van der Waals surface area contributed by atoms with Gasteiger partial charge in [-0.1, -0.05) is 0 Å². The first kappa shape index (κ1) is 24.4. The summed E-state index contributed by atoms with van der Waals surface area (Å²) in [4.78, 5) is 45.1. The molecule has 0 rings (SSSR count). The van der Waals surface area contributed by atoms with E-state index in [2.05, 4.69) is 0 Å². The zero-order valence-electron chi connectivity index (χ0n) is 12.6. The standard InChI is InChI=1S/C3H9N2.4C2H3O2.Ce.H3N/c4-2-1-3-5;4*1-2(3)4;;/h2H,1,3-5H2;4*1H2,(H,3,4);;1H3. The van der Waals surface area contributed by atoms with Gasteiger partial charge in [0.25, 0.3) is 0 Å². The predicted octanol–water partition coefficient (Wildman–Crippen LogP) is -0.514. The summed E-state index contributed by atoms with van der Waals surface area (Å²) in [5, 5.41) is 36.6. The molecule has 0 amide bonds. The number of carboxylic acids is 4. The molecule has 0 heterocycles. The van der Waals surface area contributed by atoms with Crippen LogP contribution in [0.25, 0.3) is 0 Å². The second-order valence-electron chi connectivity index (χ2n) is 5.78. The average Bonchev–Trinajstić information content (AvgIpc) is 2.24. The Morgan fingerprint density at radius 2 is 1.04 bits per heavy atom. The first-order valence-corrected chi connectivity index (χ1v) is 17.2. The van der Waals surface area contributed by atoms with Gasteiger partial charge in [0.1, 0.15) is 0 Å². The molecule has 0 aliphatic rings. The van der Waals surface area contributed by atoms with E-state index in [0.29, 0.717) is 0 Å². The van der Waals surface area contributed by atoms with Crippen LogP contribution in [0, 0.1) is 31.3 Å². The molecule has 0 aliphatic heterocycles. The van der Waals surface area contributed by atoms with E-state index < -0.39 is 64.4 Å². The van der Waals surface area contributed by atoms with Crippen LogP contribution in [-0.2, 0) is 19.2 Å². The zero-order chi connectivity index (χ0) is 17.6. The van der Waals surface area contributed by atoms with Crippen molar-refractivity contribution in [3.63, 3.8) is 0 Å². The number of carboxylic acid groups (broad SMARTS) is 4. The van der Waals surface area contributed by atoms with Gasteiger partial charge in [-0.2, -0.15) is 0 Å². The second kappa shape index (κ2) is 9.44. The number of aliphatic carboxylic acids is 4. The van der Waals surface area contributed by atoms with Crippen molar-refractivity contribution in [2.45, 2.75) is 15.7 Å². The van der Waals surface area contributed by atoms with Crippen LogP contribution in [0.2, 0.25) is 7.75 Å². The molecule has 0 fully saturated rings. The van der Waals surface area contributed by atoms with Crippen LogP contribution in [0.1, 0.15) is 6.42 Å². The Balaban J connectivity index is 0. The van der Waals surface area contributed by atoms with E-state index in [9.17, 15) is 19.2 Å². The maximum atomic E-state index is 11.3. The van der Waals surface area contributed by atoms with Gasteiger partial charge in [0.15, 0.2) is 0 Å². The minimum atomic E-state index is -5.67. The molecule has 0 aromatic rings. The average molecular weight is 466 g/mol. The topological polar surface area (TPSA) is 236 Å². The number of hydrogen-bond donors (Lipinski definition) is 7. The Bertz CT molecular complexity index is 408. The third kappa shape index (κ3) is 6.64. The molecule has 1 unspecified atom stereocenters. The fourth-order valence-electron chi connectivity index (χ4n) is 3.12. The monoisotopic (exact) mass is 466 g/mol. The molecule has 0 radical (unpaired) electrons. The molecular weight excluding hydrogens is 442 g/mol. The number of hydrogen-bond acceptors (Lipinski definition) is 7. The molecule has 0 spiro atoms. The summed E-state index contributed by atoms with van der Waals surface area (Å²) in [6.45, 7) is -0.0219. The third-order valence-electron chi connectivity index (χ3n) is 4.04. The molecule has 12 heteroatoms. The van der Waals surface area contributed by atoms with Crippen molar-refractivity contribution in [3.8, 4) is 0 Å². The fraction of sp³-hybridized carbons (Fsp3) is 0.636. The van der Waals surface area contributed by atoms with E-state index in [4.69, 9.17) is 31.9 Å². The second-order valence-corrected chi connectivity index (χ2v) is 27.1. The molecule has 0 aromatic carbocycles. The van der Waals surface area contributed by atoms with Crippen LogP contribution in [0.4, 0.5) is 0 Å². The Labute approximate surface area is 134 Å². The van der Waals surface area contributed by atoms with Gasteiger partial charge in [-0.15, -0.1) is 0 Å². The van der Waals surface area contributed by atoms with E-state index in [1.54, 1.807) is 0 Å². The quantitative estimate of drug-likeness (QED) is 0.204. The van der Waals surface area contributed by atoms with Gasteiger partial charge < -0.3 is 6.15 Å². The summed E-state index contributed by atoms with van der Waals surface area (Å²) in [6, 6.07) is 0. The van der Waals surface area contributed by atoms with Crippen molar-refractivity contribution in [1.29, 1.82) is 0 Å². The number of carbonyl (C=O) groups is 4. The van der Waals surface area contributed by atoms with Crippen LogP contribution in [0.3, 0.4) is 0 Å². The Morgan fingerprint density at radius 3 is 1.22 bits per heavy atom. The Morgan fingerprint density at radius 1 is 0.783 bits per heavy atom. The first-order chi connectivity index (χ1) is 9.97. The van der Waals surface area contributed by atoms with Gasteiger partial charge in [-0.3, -0.25) is 0 Å². The van der Waals surface area contributed by atoms with Crippen LogP contribution in [0.15, 0.2) is 0 Å². The summed E-state index contributed by atoms with van der Waals surface area (Å²) < 4.78 is -4.26. The van der Waals surface area contributed by atoms with E-state index in [1.165, 1.54) is 0 Å². The van der Waals surface area contributed by atoms with Gasteiger partial charge in [-0.05, 0) is 0 Å². The molecule has 1 atom stereocenters. The van der Waals surface area contributed by atoms with E-state index in [0.717, 1.165) is 0 Å². The first-order valence-electron chi connectivity index (χ1n) is 6.48. The van der Waals surface area contributed by atoms with Crippen molar-refractivity contribution in [1.82, 2.24) is 6.15 Å². The normalized spacial score (nSPS) is 13.9. The fourth-order valence-corrected chi connectivity index (χ4v) is 22.1. The van der Waals surface area contributed by atoms with Crippen LogP contribution >= 0.6 is 0 Å². The summed E-state index contributed by atoms with van der Waals surface area (Å²) in [5.41, 5.74) is 11.3. The molecule has 0 bridgehead atoms. The Hall–Kier alpha value is -0.863. The van der Waals surface area contributed by atoms with Gasteiger partial charge >= 0.3 is 128 Å². The van der Waals surface area contributed by atoms with Crippen molar-refractivity contribution in [2.24, 2.45) is 11.5 Å². The molecule has 0 saturated heterocycles. The van der Waals surface area contributed by atoms with Crippen molar-refractivity contribution < 1.29 is 70.9 Å². The summed E-state index contributed by atoms with van der Waals surface area (Å²) in [7, 11) is 0. The van der Waals surface area contributed by atoms with Gasteiger partial charge in [0.05, 0.1) is 0 Å². The molecule has 135 valence electrons. The summed E-state index contributed by atoms with van der Waals surface area (Å²) in [5.74, 6) is -5.75. The third-order valence-corrected chi connectivity index (χ3v) is 27.3. The van der Waals surface area contributed by atoms with Gasteiger partial charge in [0, 0.05) is 0 Å². The molecule has 11 N–H and O–H groups in total. The SMILES string of the molecule is N.NCC[CH](N)[Ce]([CH2]C(=O)O)([CH2]C(=O)O)([CH2]C(=O)O)[CH2]C(=O)O. The molecule has 11 nitrogen and oxygen atoms in total. The molecule has 0 aliphatic carbocycles. The minimum absolute atomic E-state index is 0. The van der Waals surface area contributed by atoms with Crippen molar-refractivity contribution in [3.05, 3.63) is 0 Å². The summed E-state index contributed by atoms with van der Waals surface area (Å²) in [6.07, 6.45) is -0.0171. The number of nitrogens with two attached hydrogens (primary N) is 2. The van der Waals surface area contributed by atoms with Gasteiger partial charge in [-0.25, -0.2) is 0 Å². The van der Waals surface area contributed by atoms with Gasteiger partial charge in [0.2, 0.25) is 0 Å². The van der Waals surface area contributed by atoms with Crippen molar-refractivity contribution in [2.75, 3.05) is 6.54 Å².